The highest BCUT2D eigenvalue weighted by molar-refractivity contribution is 5.87. The van der Waals surface area contributed by atoms with Gasteiger partial charge in [-0.15, -0.1) is 0 Å². The standard InChI is InChI=1S/C19H19NO/c1-3-18(21)20-13-15-9-7-8-12-17(15)19(2,14-20)16-10-5-4-6-11-16/h3-12H,1,13-14H2,2H3. The highest BCUT2D eigenvalue weighted by Gasteiger charge is 2.37. The number of benzene rings is 2. The third-order valence-electron chi connectivity index (χ3n) is 4.38. The van der Waals surface area contributed by atoms with Gasteiger partial charge in [0, 0.05) is 18.5 Å². The monoisotopic (exact) mass is 277 g/mol. The summed E-state index contributed by atoms with van der Waals surface area (Å²) in [5.41, 5.74) is 3.57. The number of rotatable bonds is 2. The predicted molar refractivity (Wildman–Crippen MR) is 85.0 cm³/mol. The van der Waals surface area contributed by atoms with Gasteiger partial charge in [-0.05, 0) is 29.7 Å². The first kappa shape index (κ1) is 13.6. The van der Waals surface area contributed by atoms with Gasteiger partial charge in [-0.1, -0.05) is 61.2 Å². The molecular formula is C19H19NO. The molecule has 0 aliphatic carbocycles. The van der Waals surface area contributed by atoms with Crippen LogP contribution in [-0.4, -0.2) is 17.4 Å². The molecule has 106 valence electrons. The smallest absolute Gasteiger partial charge is 0.246 e. The Bertz CT molecular complexity index is 677. The molecule has 1 amide bonds. The maximum absolute atomic E-state index is 12.1. The Morgan fingerprint density at radius 1 is 1.14 bits per heavy atom. The minimum Gasteiger partial charge on any atom is -0.334 e. The summed E-state index contributed by atoms with van der Waals surface area (Å²) in [6.07, 6.45) is 1.40. The summed E-state index contributed by atoms with van der Waals surface area (Å²) >= 11 is 0. The minimum absolute atomic E-state index is 0.00772. The molecule has 21 heavy (non-hydrogen) atoms. The lowest BCUT2D eigenvalue weighted by molar-refractivity contribution is -0.127. The average Bonchev–Trinajstić information content (AvgIpc) is 2.55. The van der Waals surface area contributed by atoms with E-state index < -0.39 is 0 Å². The summed E-state index contributed by atoms with van der Waals surface area (Å²) in [6, 6.07) is 18.8. The molecule has 0 saturated carbocycles. The van der Waals surface area contributed by atoms with Crippen molar-refractivity contribution in [2.24, 2.45) is 0 Å². The van der Waals surface area contributed by atoms with Crippen LogP contribution >= 0.6 is 0 Å². The van der Waals surface area contributed by atoms with Gasteiger partial charge in [-0.25, -0.2) is 0 Å². The van der Waals surface area contributed by atoms with Crippen molar-refractivity contribution in [1.29, 1.82) is 0 Å². The Balaban J connectivity index is 2.14. The Hall–Kier alpha value is -2.35. The Morgan fingerprint density at radius 3 is 2.52 bits per heavy atom. The van der Waals surface area contributed by atoms with Crippen LogP contribution in [0.2, 0.25) is 0 Å². The summed E-state index contributed by atoms with van der Waals surface area (Å²) in [5.74, 6) is -0.00772. The van der Waals surface area contributed by atoms with E-state index in [1.807, 2.05) is 17.0 Å². The highest BCUT2D eigenvalue weighted by atomic mass is 16.2. The van der Waals surface area contributed by atoms with E-state index in [-0.39, 0.29) is 11.3 Å². The molecule has 2 aromatic rings. The van der Waals surface area contributed by atoms with Crippen molar-refractivity contribution in [2.75, 3.05) is 6.54 Å². The molecule has 0 saturated heterocycles. The van der Waals surface area contributed by atoms with Gasteiger partial charge in [-0.2, -0.15) is 0 Å². The van der Waals surface area contributed by atoms with Gasteiger partial charge in [0.05, 0.1) is 0 Å². The number of hydrogen-bond donors (Lipinski definition) is 0. The van der Waals surface area contributed by atoms with Crippen LogP contribution in [-0.2, 0) is 16.8 Å². The van der Waals surface area contributed by atoms with Crippen LogP contribution in [0.15, 0.2) is 67.3 Å². The predicted octanol–water partition coefficient (Wildman–Crippen LogP) is 3.52. The average molecular weight is 277 g/mol. The van der Waals surface area contributed by atoms with E-state index in [1.165, 1.54) is 22.8 Å². The van der Waals surface area contributed by atoms with Gasteiger partial charge >= 0.3 is 0 Å². The fourth-order valence-corrected chi connectivity index (χ4v) is 3.26. The summed E-state index contributed by atoms with van der Waals surface area (Å²) in [5, 5.41) is 0. The van der Waals surface area contributed by atoms with Crippen LogP contribution in [0.25, 0.3) is 0 Å². The van der Waals surface area contributed by atoms with Crippen molar-refractivity contribution in [3.8, 4) is 0 Å². The van der Waals surface area contributed by atoms with Crippen molar-refractivity contribution >= 4 is 5.91 Å². The molecule has 1 atom stereocenters. The third-order valence-corrected chi connectivity index (χ3v) is 4.38. The molecule has 1 aliphatic heterocycles. The van der Waals surface area contributed by atoms with Gasteiger partial charge in [0.2, 0.25) is 5.91 Å². The Kier molecular flexibility index (Phi) is 3.38. The van der Waals surface area contributed by atoms with E-state index in [0.29, 0.717) is 13.1 Å². The molecular weight excluding hydrogens is 258 g/mol. The first-order valence-electron chi connectivity index (χ1n) is 7.20. The van der Waals surface area contributed by atoms with Crippen LogP contribution in [0.1, 0.15) is 23.6 Å². The van der Waals surface area contributed by atoms with Crippen molar-refractivity contribution in [3.05, 3.63) is 83.9 Å². The zero-order valence-corrected chi connectivity index (χ0v) is 12.3. The number of carbonyl (C=O) groups is 1. The van der Waals surface area contributed by atoms with Crippen molar-refractivity contribution in [3.63, 3.8) is 0 Å². The molecule has 0 bridgehead atoms. The maximum atomic E-state index is 12.1. The van der Waals surface area contributed by atoms with Crippen molar-refractivity contribution in [1.82, 2.24) is 4.90 Å². The zero-order valence-electron chi connectivity index (χ0n) is 12.3. The molecule has 1 unspecified atom stereocenters. The number of fused-ring (bicyclic) bond motifs is 1. The summed E-state index contributed by atoms with van der Waals surface area (Å²) in [4.78, 5) is 14.0. The molecule has 0 aromatic heterocycles. The fourth-order valence-electron chi connectivity index (χ4n) is 3.26. The minimum atomic E-state index is -0.186. The van der Waals surface area contributed by atoms with Crippen LogP contribution in [0, 0.1) is 0 Å². The summed E-state index contributed by atoms with van der Waals surface area (Å²) < 4.78 is 0. The lowest BCUT2D eigenvalue weighted by atomic mass is 9.72. The molecule has 2 heteroatoms. The van der Waals surface area contributed by atoms with Gasteiger partial charge in [0.15, 0.2) is 0 Å². The van der Waals surface area contributed by atoms with E-state index in [2.05, 4.69) is 56.0 Å². The second-order valence-electron chi connectivity index (χ2n) is 5.75. The highest BCUT2D eigenvalue weighted by Crippen LogP contribution is 2.39. The zero-order chi connectivity index (χ0) is 14.9. The van der Waals surface area contributed by atoms with E-state index in [4.69, 9.17) is 0 Å². The van der Waals surface area contributed by atoms with Gasteiger partial charge < -0.3 is 4.90 Å². The second kappa shape index (κ2) is 5.21. The third kappa shape index (κ3) is 2.27. The normalized spacial score (nSPS) is 20.7. The Labute approximate surface area is 125 Å². The summed E-state index contributed by atoms with van der Waals surface area (Å²) in [7, 11) is 0. The van der Waals surface area contributed by atoms with E-state index in [9.17, 15) is 4.79 Å². The first-order chi connectivity index (χ1) is 10.1. The number of hydrogen-bond acceptors (Lipinski definition) is 1. The SMILES string of the molecule is C=CC(=O)N1Cc2ccccc2C(C)(c2ccccc2)C1. The molecule has 0 radical (unpaired) electrons. The van der Waals surface area contributed by atoms with Crippen molar-refractivity contribution < 1.29 is 4.79 Å². The molecule has 1 heterocycles. The first-order valence-corrected chi connectivity index (χ1v) is 7.20. The van der Waals surface area contributed by atoms with Crippen LogP contribution in [0.3, 0.4) is 0 Å². The lowest BCUT2D eigenvalue weighted by Crippen LogP contribution is -2.46. The molecule has 3 rings (SSSR count). The molecule has 2 nitrogen and oxygen atoms in total. The van der Waals surface area contributed by atoms with Crippen LogP contribution in [0.4, 0.5) is 0 Å². The maximum Gasteiger partial charge on any atom is 0.246 e. The molecule has 2 aromatic carbocycles. The second-order valence-corrected chi connectivity index (χ2v) is 5.75. The topological polar surface area (TPSA) is 20.3 Å². The Morgan fingerprint density at radius 2 is 1.81 bits per heavy atom. The van der Waals surface area contributed by atoms with E-state index in [0.717, 1.165) is 0 Å². The van der Waals surface area contributed by atoms with E-state index >= 15 is 0 Å². The fraction of sp³-hybridized carbons (Fsp3) is 0.211. The van der Waals surface area contributed by atoms with Crippen LogP contribution < -0.4 is 0 Å². The van der Waals surface area contributed by atoms with Gasteiger partial charge in [0.1, 0.15) is 0 Å². The van der Waals surface area contributed by atoms with Gasteiger partial charge in [0.25, 0.3) is 0 Å². The van der Waals surface area contributed by atoms with Gasteiger partial charge in [-0.3, -0.25) is 4.79 Å². The number of amides is 1. The molecule has 0 spiro atoms. The largest absolute Gasteiger partial charge is 0.334 e. The summed E-state index contributed by atoms with van der Waals surface area (Å²) in [6.45, 7) is 7.17. The number of carbonyl (C=O) groups excluding carboxylic acids is 1. The lowest BCUT2D eigenvalue weighted by Gasteiger charge is -2.42. The molecule has 0 N–H and O–H groups in total. The van der Waals surface area contributed by atoms with E-state index in [1.54, 1.807) is 0 Å². The van der Waals surface area contributed by atoms with Crippen LogP contribution in [0.5, 0.6) is 0 Å². The molecule has 1 aliphatic rings. The molecule has 0 fully saturated rings. The number of nitrogens with zero attached hydrogens (tertiary/aromatic N) is 1. The van der Waals surface area contributed by atoms with Crippen molar-refractivity contribution in [2.45, 2.75) is 18.9 Å². The quantitative estimate of drug-likeness (QED) is 0.769.